The second-order valence-electron chi connectivity index (χ2n) is 4.72. The summed E-state index contributed by atoms with van der Waals surface area (Å²) in [6.07, 6.45) is -0.419. The van der Waals surface area contributed by atoms with Crippen molar-refractivity contribution in [3.05, 3.63) is 64.1 Å². The van der Waals surface area contributed by atoms with E-state index in [2.05, 4.69) is 21.2 Å². The number of carbonyl (C=O) groups is 2. The van der Waals surface area contributed by atoms with E-state index >= 15 is 0 Å². The third kappa shape index (κ3) is 2.83. The zero-order valence-corrected chi connectivity index (χ0v) is 12.6. The van der Waals surface area contributed by atoms with E-state index in [0.29, 0.717) is 17.7 Å². The maximum absolute atomic E-state index is 12.3. The Bertz CT molecular complexity index is 714. The van der Waals surface area contributed by atoms with Crippen LogP contribution in [0.15, 0.2) is 53.0 Å². The number of carbonyl (C=O) groups excluding carboxylic acids is 2. The molecule has 106 valence electrons. The monoisotopic (exact) mass is 345 g/mol. The molecule has 1 aliphatic rings. The normalized spacial score (nSPS) is 16.8. The van der Waals surface area contributed by atoms with Crippen molar-refractivity contribution >= 4 is 33.5 Å². The number of anilines is 1. The van der Waals surface area contributed by atoms with Gasteiger partial charge in [0.25, 0.3) is 5.91 Å². The third-order valence-electron chi connectivity index (χ3n) is 3.32. The highest BCUT2D eigenvalue weighted by Crippen LogP contribution is 2.24. The summed E-state index contributed by atoms with van der Waals surface area (Å²) in [5, 5.41) is 2.77. The largest absolute Gasteiger partial charge is 0.448 e. The van der Waals surface area contributed by atoms with E-state index in [1.165, 1.54) is 0 Å². The van der Waals surface area contributed by atoms with Gasteiger partial charge < -0.3 is 10.1 Å². The topological polar surface area (TPSA) is 55.4 Å². The van der Waals surface area contributed by atoms with E-state index < -0.39 is 12.1 Å². The highest BCUT2D eigenvalue weighted by molar-refractivity contribution is 9.10. The number of para-hydroxylation sites is 1. The summed E-state index contributed by atoms with van der Waals surface area (Å²) in [5.41, 5.74) is 2.01. The number of halogens is 1. The Kier molecular flexibility index (Phi) is 3.75. The van der Waals surface area contributed by atoms with Crippen LogP contribution >= 0.6 is 15.9 Å². The van der Waals surface area contributed by atoms with Crippen LogP contribution in [0.25, 0.3) is 0 Å². The molecule has 1 unspecified atom stereocenters. The molecule has 1 aliphatic heterocycles. The predicted octanol–water partition coefficient (Wildman–Crippen LogP) is 3.17. The molecule has 0 spiro atoms. The van der Waals surface area contributed by atoms with Gasteiger partial charge in [-0.15, -0.1) is 0 Å². The summed E-state index contributed by atoms with van der Waals surface area (Å²) in [6, 6.07) is 14.5. The minimum Gasteiger partial charge on any atom is -0.448 e. The number of nitrogens with one attached hydrogen (secondary N) is 1. The van der Waals surface area contributed by atoms with Crippen LogP contribution in [0.3, 0.4) is 0 Å². The summed E-state index contributed by atoms with van der Waals surface area (Å²) in [4.78, 5) is 24.2. The lowest BCUT2D eigenvalue weighted by Gasteiger charge is -2.23. The van der Waals surface area contributed by atoms with Crippen molar-refractivity contribution in [1.29, 1.82) is 0 Å². The Balaban J connectivity index is 1.78. The number of esters is 1. The molecule has 3 rings (SSSR count). The summed E-state index contributed by atoms with van der Waals surface area (Å²) in [7, 11) is 0. The van der Waals surface area contributed by atoms with Gasteiger partial charge in [0, 0.05) is 10.9 Å². The molecule has 0 fully saturated rings. The summed E-state index contributed by atoms with van der Waals surface area (Å²) in [5.74, 6) is -0.783. The van der Waals surface area contributed by atoms with Gasteiger partial charge in [-0.3, -0.25) is 4.79 Å². The third-order valence-corrected chi connectivity index (χ3v) is 4.01. The number of cyclic esters (lactones) is 1. The van der Waals surface area contributed by atoms with Crippen molar-refractivity contribution in [3.8, 4) is 0 Å². The molecule has 4 nitrogen and oxygen atoms in total. The van der Waals surface area contributed by atoms with Gasteiger partial charge in [0.05, 0.1) is 11.3 Å². The number of hydrogen-bond acceptors (Lipinski definition) is 3. The summed E-state index contributed by atoms with van der Waals surface area (Å²) >= 11 is 3.36. The Hall–Kier alpha value is -2.14. The molecule has 1 atom stereocenters. The van der Waals surface area contributed by atoms with Gasteiger partial charge in [-0.25, -0.2) is 4.79 Å². The SMILES string of the molecule is O=C1OC(C(=O)Nc2ccccc2Br)Cc2ccccc21. The van der Waals surface area contributed by atoms with E-state index in [1.807, 2.05) is 30.3 Å². The maximum atomic E-state index is 12.3. The average Bonchev–Trinajstić information content (AvgIpc) is 2.49. The fourth-order valence-electron chi connectivity index (χ4n) is 2.25. The molecule has 5 heteroatoms. The van der Waals surface area contributed by atoms with Gasteiger partial charge in [-0.2, -0.15) is 0 Å². The van der Waals surface area contributed by atoms with Crippen LogP contribution < -0.4 is 5.32 Å². The first-order chi connectivity index (χ1) is 10.1. The van der Waals surface area contributed by atoms with Crippen molar-refractivity contribution in [3.63, 3.8) is 0 Å². The number of benzene rings is 2. The quantitative estimate of drug-likeness (QED) is 0.850. The number of amides is 1. The van der Waals surface area contributed by atoms with Crippen LogP contribution in [-0.4, -0.2) is 18.0 Å². The smallest absolute Gasteiger partial charge is 0.339 e. The molecule has 2 aromatic rings. The Labute approximate surface area is 130 Å². The second kappa shape index (κ2) is 5.69. The molecule has 0 aromatic heterocycles. The molecule has 0 saturated heterocycles. The Morgan fingerprint density at radius 1 is 1.14 bits per heavy atom. The predicted molar refractivity (Wildman–Crippen MR) is 82.1 cm³/mol. The van der Waals surface area contributed by atoms with Gasteiger partial charge in [-0.05, 0) is 39.7 Å². The molecular weight excluding hydrogens is 334 g/mol. The first kappa shape index (κ1) is 13.8. The van der Waals surface area contributed by atoms with Crippen LogP contribution in [0, 0.1) is 0 Å². The van der Waals surface area contributed by atoms with Crippen molar-refractivity contribution in [2.24, 2.45) is 0 Å². The van der Waals surface area contributed by atoms with Crippen molar-refractivity contribution in [2.45, 2.75) is 12.5 Å². The lowest BCUT2D eigenvalue weighted by molar-refractivity contribution is -0.125. The second-order valence-corrected chi connectivity index (χ2v) is 5.58. The van der Waals surface area contributed by atoms with Crippen molar-refractivity contribution < 1.29 is 14.3 Å². The lowest BCUT2D eigenvalue weighted by Crippen LogP contribution is -2.38. The molecule has 1 N–H and O–H groups in total. The first-order valence-electron chi connectivity index (χ1n) is 6.49. The highest BCUT2D eigenvalue weighted by atomic mass is 79.9. The number of hydrogen-bond donors (Lipinski definition) is 1. The molecule has 0 bridgehead atoms. The van der Waals surface area contributed by atoms with E-state index in [-0.39, 0.29) is 5.91 Å². The van der Waals surface area contributed by atoms with E-state index in [1.54, 1.807) is 18.2 Å². The van der Waals surface area contributed by atoms with Gasteiger partial charge in [0.15, 0.2) is 6.10 Å². The molecular formula is C16H12BrNO3. The standard InChI is InChI=1S/C16H12BrNO3/c17-12-7-3-4-8-13(12)18-15(19)14-9-10-5-1-2-6-11(10)16(20)21-14/h1-8,14H,9H2,(H,18,19). The van der Waals surface area contributed by atoms with Crippen molar-refractivity contribution in [2.75, 3.05) is 5.32 Å². The molecule has 0 aliphatic carbocycles. The number of ether oxygens (including phenoxy) is 1. The zero-order chi connectivity index (χ0) is 14.8. The van der Waals surface area contributed by atoms with Crippen LogP contribution in [0.5, 0.6) is 0 Å². The fourth-order valence-corrected chi connectivity index (χ4v) is 2.64. The zero-order valence-electron chi connectivity index (χ0n) is 11.0. The summed E-state index contributed by atoms with van der Waals surface area (Å²) in [6.45, 7) is 0. The minimum absolute atomic E-state index is 0.329. The van der Waals surface area contributed by atoms with Crippen LogP contribution in [0.1, 0.15) is 15.9 Å². The van der Waals surface area contributed by atoms with Crippen LogP contribution in [0.4, 0.5) is 5.69 Å². The van der Waals surface area contributed by atoms with Gasteiger partial charge in [-0.1, -0.05) is 30.3 Å². The Morgan fingerprint density at radius 2 is 1.86 bits per heavy atom. The van der Waals surface area contributed by atoms with E-state index in [0.717, 1.165) is 10.0 Å². The van der Waals surface area contributed by atoms with Gasteiger partial charge >= 0.3 is 5.97 Å². The molecule has 21 heavy (non-hydrogen) atoms. The molecule has 1 amide bonds. The minimum atomic E-state index is -0.806. The highest BCUT2D eigenvalue weighted by Gasteiger charge is 2.31. The lowest BCUT2D eigenvalue weighted by atomic mass is 9.98. The fraction of sp³-hybridized carbons (Fsp3) is 0.125. The first-order valence-corrected chi connectivity index (χ1v) is 7.29. The Morgan fingerprint density at radius 3 is 2.67 bits per heavy atom. The average molecular weight is 346 g/mol. The number of fused-ring (bicyclic) bond motifs is 1. The van der Waals surface area contributed by atoms with Crippen molar-refractivity contribution in [1.82, 2.24) is 0 Å². The van der Waals surface area contributed by atoms with Crippen LogP contribution in [0.2, 0.25) is 0 Å². The molecule has 0 radical (unpaired) electrons. The molecule has 1 heterocycles. The van der Waals surface area contributed by atoms with Crippen LogP contribution in [-0.2, 0) is 16.0 Å². The molecule has 2 aromatic carbocycles. The maximum Gasteiger partial charge on any atom is 0.339 e. The van der Waals surface area contributed by atoms with E-state index in [4.69, 9.17) is 4.74 Å². The number of rotatable bonds is 2. The van der Waals surface area contributed by atoms with Gasteiger partial charge in [0.1, 0.15) is 0 Å². The van der Waals surface area contributed by atoms with Gasteiger partial charge in [0.2, 0.25) is 0 Å². The van der Waals surface area contributed by atoms with E-state index in [9.17, 15) is 9.59 Å². The summed E-state index contributed by atoms with van der Waals surface area (Å²) < 4.78 is 6.00. The molecule has 0 saturated carbocycles.